The molecule has 0 saturated heterocycles. The molecule has 2 amide bonds. The zero-order valence-electron chi connectivity index (χ0n) is 14.9. The molecule has 0 bridgehead atoms. The highest BCUT2D eigenvalue weighted by atomic mass is 32.2. The third kappa shape index (κ3) is 5.19. The SMILES string of the molecule is COc1ccc(OC)c(S(=O)(=O)NNC(=O)C(=O)Nc2ccc(C)cc2)c1. The predicted molar refractivity (Wildman–Crippen MR) is 97.8 cm³/mol. The molecule has 0 fully saturated rings. The summed E-state index contributed by atoms with van der Waals surface area (Å²) in [5, 5.41) is 2.36. The van der Waals surface area contributed by atoms with Gasteiger partial charge in [0.15, 0.2) is 0 Å². The number of carbonyl (C=O) groups excluding carboxylic acids is 2. The first-order valence-corrected chi connectivity index (χ1v) is 9.17. The molecule has 144 valence electrons. The fourth-order valence-electron chi connectivity index (χ4n) is 2.04. The Balaban J connectivity index is 2.07. The number of carbonyl (C=O) groups is 2. The molecule has 0 aromatic heterocycles. The van der Waals surface area contributed by atoms with Gasteiger partial charge in [-0.2, -0.15) is 0 Å². The number of hydrogen-bond acceptors (Lipinski definition) is 6. The van der Waals surface area contributed by atoms with Gasteiger partial charge in [-0.3, -0.25) is 15.0 Å². The van der Waals surface area contributed by atoms with E-state index in [1.807, 2.05) is 17.2 Å². The van der Waals surface area contributed by atoms with Crippen molar-refractivity contribution >= 4 is 27.5 Å². The number of sulfonamides is 1. The van der Waals surface area contributed by atoms with Gasteiger partial charge in [-0.25, -0.2) is 8.42 Å². The van der Waals surface area contributed by atoms with Crippen LogP contribution in [0.2, 0.25) is 0 Å². The molecule has 2 rings (SSSR count). The van der Waals surface area contributed by atoms with Crippen LogP contribution < -0.4 is 25.0 Å². The van der Waals surface area contributed by atoms with E-state index in [0.29, 0.717) is 5.69 Å². The Morgan fingerprint density at radius 1 is 0.926 bits per heavy atom. The van der Waals surface area contributed by atoms with Crippen LogP contribution in [0.4, 0.5) is 5.69 Å². The third-order valence-corrected chi connectivity index (χ3v) is 4.74. The standard InChI is InChI=1S/C17H19N3O6S/c1-11-4-6-12(7-5-11)18-16(21)17(22)19-20-27(23,24)15-10-13(25-2)8-9-14(15)26-3/h4-10,20H,1-3H3,(H,18,21)(H,19,22). The molecule has 27 heavy (non-hydrogen) atoms. The Morgan fingerprint density at radius 2 is 1.59 bits per heavy atom. The number of benzene rings is 2. The van der Waals surface area contributed by atoms with Gasteiger partial charge in [0.05, 0.1) is 14.2 Å². The van der Waals surface area contributed by atoms with Crippen LogP contribution in [0.1, 0.15) is 5.56 Å². The Kier molecular flexibility index (Phi) is 6.37. The van der Waals surface area contributed by atoms with Crippen LogP contribution in [0.15, 0.2) is 47.4 Å². The van der Waals surface area contributed by atoms with E-state index in [1.54, 1.807) is 24.3 Å². The molecule has 10 heteroatoms. The minimum atomic E-state index is -4.21. The molecule has 2 aromatic carbocycles. The second-order valence-corrected chi connectivity index (χ2v) is 7.05. The number of ether oxygens (including phenoxy) is 2. The molecule has 0 saturated carbocycles. The van der Waals surface area contributed by atoms with E-state index in [1.165, 1.54) is 32.4 Å². The zero-order chi connectivity index (χ0) is 20.0. The fraction of sp³-hybridized carbons (Fsp3) is 0.176. The predicted octanol–water partition coefficient (Wildman–Crippen LogP) is 0.960. The lowest BCUT2D eigenvalue weighted by molar-refractivity contribution is -0.136. The molecule has 9 nitrogen and oxygen atoms in total. The maximum atomic E-state index is 12.4. The summed E-state index contributed by atoms with van der Waals surface area (Å²) in [5.41, 5.74) is 3.24. The number of amides is 2. The fourth-order valence-corrected chi connectivity index (χ4v) is 3.07. The van der Waals surface area contributed by atoms with Crippen LogP contribution in [0.25, 0.3) is 0 Å². The number of hydrogen-bond donors (Lipinski definition) is 3. The maximum absolute atomic E-state index is 12.4. The quantitative estimate of drug-likeness (QED) is 0.496. The van der Waals surface area contributed by atoms with Gasteiger partial charge in [0, 0.05) is 11.8 Å². The molecule has 0 radical (unpaired) electrons. The van der Waals surface area contributed by atoms with Crippen molar-refractivity contribution in [2.45, 2.75) is 11.8 Å². The number of aryl methyl sites for hydroxylation is 1. The molecule has 3 N–H and O–H groups in total. The van der Waals surface area contributed by atoms with Crippen LogP contribution >= 0.6 is 0 Å². The van der Waals surface area contributed by atoms with E-state index in [9.17, 15) is 18.0 Å². The van der Waals surface area contributed by atoms with Crippen LogP contribution in [-0.4, -0.2) is 34.5 Å². The van der Waals surface area contributed by atoms with Gasteiger partial charge in [0.1, 0.15) is 16.4 Å². The number of anilines is 1. The molecule has 0 aliphatic heterocycles. The molecular weight excluding hydrogens is 374 g/mol. The summed E-state index contributed by atoms with van der Waals surface area (Å²) >= 11 is 0. The number of rotatable bonds is 6. The Bertz CT molecular complexity index is 942. The van der Waals surface area contributed by atoms with Crippen LogP contribution in [-0.2, 0) is 19.6 Å². The van der Waals surface area contributed by atoms with Crippen molar-refractivity contribution in [3.63, 3.8) is 0 Å². The summed E-state index contributed by atoms with van der Waals surface area (Å²) < 4.78 is 34.8. The van der Waals surface area contributed by atoms with Crippen molar-refractivity contribution in [1.29, 1.82) is 0 Å². The maximum Gasteiger partial charge on any atom is 0.324 e. The molecule has 0 aliphatic carbocycles. The van der Waals surface area contributed by atoms with Crippen molar-refractivity contribution in [2.75, 3.05) is 19.5 Å². The first-order chi connectivity index (χ1) is 12.8. The molecule has 2 aromatic rings. The van der Waals surface area contributed by atoms with Crippen molar-refractivity contribution < 1.29 is 27.5 Å². The van der Waals surface area contributed by atoms with Gasteiger partial charge < -0.3 is 14.8 Å². The molecule has 0 heterocycles. The summed E-state index contributed by atoms with van der Waals surface area (Å²) in [5.74, 6) is -1.89. The van der Waals surface area contributed by atoms with Crippen LogP contribution in [0.5, 0.6) is 11.5 Å². The van der Waals surface area contributed by atoms with Gasteiger partial charge in [0.2, 0.25) is 0 Å². The smallest absolute Gasteiger partial charge is 0.324 e. The van der Waals surface area contributed by atoms with Gasteiger partial charge in [-0.05, 0) is 31.2 Å². The van der Waals surface area contributed by atoms with Crippen LogP contribution in [0, 0.1) is 6.92 Å². The minimum absolute atomic E-state index is 0.0432. The minimum Gasteiger partial charge on any atom is -0.497 e. The summed E-state index contributed by atoms with van der Waals surface area (Å²) in [6.07, 6.45) is 0. The lowest BCUT2D eigenvalue weighted by Crippen LogP contribution is -2.46. The molecule has 0 spiro atoms. The van der Waals surface area contributed by atoms with Crippen molar-refractivity contribution in [3.05, 3.63) is 48.0 Å². The highest BCUT2D eigenvalue weighted by Crippen LogP contribution is 2.27. The van der Waals surface area contributed by atoms with E-state index in [0.717, 1.165) is 5.56 Å². The monoisotopic (exact) mass is 393 g/mol. The summed E-state index contributed by atoms with van der Waals surface area (Å²) in [7, 11) is -1.53. The van der Waals surface area contributed by atoms with Gasteiger partial charge in [0.25, 0.3) is 10.0 Å². The Hall–Kier alpha value is -3.11. The first-order valence-electron chi connectivity index (χ1n) is 7.68. The first kappa shape index (κ1) is 20.2. The Morgan fingerprint density at radius 3 is 2.19 bits per heavy atom. The van der Waals surface area contributed by atoms with E-state index >= 15 is 0 Å². The summed E-state index contributed by atoms with van der Waals surface area (Å²) in [6, 6.07) is 10.9. The average Bonchev–Trinajstić information content (AvgIpc) is 2.67. The normalized spacial score (nSPS) is 10.8. The van der Waals surface area contributed by atoms with E-state index in [-0.39, 0.29) is 16.4 Å². The third-order valence-electron chi connectivity index (χ3n) is 3.47. The largest absolute Gasteiger partial charge is 0.497 e. The lowest BCUT2D eigenvalue weighted by Gasteiger charge is -2.12. The number of methoxy groups -OCH3 is 2. The average molecular weight is 393 g/mol. The van der Waals surface area contributed by atoms with E-state index < -0.39 is 21.8 Å². The Labute approximate surface area is 156 Å². The topological polar surface area (TPSA) is 123 Å². The van der Waals surface area contributed by atoms with Crippen molar-refractivity contribution in [2.24, 2.45) is 0 Å². The molecule has 0 unspecified atom stereocenters. The molecule has 0 aliphatic rings. The number of nitrogens with one attached hydrogen (secondary N) is 3. The van der Waals surface area contributed by atoms with Crippen molar-refractivity contribution in [3.8, 4) is 11.5 Å². The van der Waals surface area contributed by atoms with Crippen molar-refractivity contribution in [1.82, 2.24) is 10.3 Å². The highest BCUT2D eigenvalue weighted by molar-refractivity contribution is 7.89. The van der Waals surface area contributed by atoms with Gasteiger partial charge in [-0.15, -0.1) is 4.83 Å². The molecule has 0 atom stereocenters. The summed E-state index contributed by atoms with van der Waals surface area (Å²) in [6.45, 7) is 1.87. The number of hydrazine groups is 1. The molecular formula is C17H19N3O6S. The zero-order valence-corrected chi connectivity index (χ0v) is 15.7. The second kappa shape index (κ2) is 8.52. The summed E-state index contributed by atoms with van der Waals surface area (Å²) in [4.78, 5) is 25.3. The second-order valence-electron chi connectivity index (χ2n) is 5.40. The highest BCUT2D eigenvalue weighted by Gasteiger charge is 2.23. The van der Waals surface area contributed by atoms with Gasteiger partial charge in [-0.1, -0.05) is 17.7 Å². The van der Waals surface area contributed by atoms with Crippen LogP contribution in [0.3, 0.4) is 0 Å². The van der Waals surface area contributed by atoms with Gasteiger partial charge >= 0.3 is 11.8 Å². The van der Waals surface area contributed by atoms with E-state index in [4.69, 9.17) is 9.47 Å². The lowest BCUT2D eigenvalue weighted by atomic mass is 10.2. The van der Waals surface area contributed by atoms with E-state index in [2.05, 4.69) is 5.32 Å².